The van der Waals surface area contributed by atoms with Gasteiger partial charge in [-0.1, -0.05) is 64.1 Å². The van der Waals surface area contributed by atoms with Crippen LogP contribution in [0, 0.1) is 11.8 Å². The molecule has 0 nitrogen and oxygen atoms in total. The molecule has 0 heterocycles. The third-order valence-corrected chi connectivity index (χ3v) is 6.41. The first-order valence-corrected chi connectivity index (χ1v) is 9.33. The van der Waals surface area contributed by atoms with Crippen LogP contribution in [-0.4, -0.2) is 0 Å². The second-order valence-corrected chi connectivity index (χ2v) is 8.10. The summed E-state index contributed by atoms with van der Waals surface area (Å²) in [5.41, 5.74) is 9.55. The fourth-order valence-electron chi connectivity index (χ4n) is 5.49. The minimum Gasteiger partial charge on any atom is -0.0619 e. The van der Waals surface area contributed by atoms with Gasteiger partial charge in [0.2, 0.25) is 0 Å². The van der Waals surface area contributed by atoms with E-state index in [0.717, 1.165) is 0 Å². The van der Waals surface area contributed by atoms with Crippen molar-refractivity contribution >= 4 is 0 Å². The van der Waals surface area contributed by atoms with Crippen molar-refractivity contribution in [2.75, 3.05) is 0 Å². The van der Waals surface area contributed by atoms with E-state index >= 15 is 0 Å². The molecular weight excluding hydrogens is 276 g/mol. The maximum Gasteiger partial charge on any atom is 0.0261 e. The Hall–Kier alpha value is -1.56. The zero-order chi connectivity index (χ0) is 16.2. The zero-order valence-electron chi connectivity index (χ0n) is 14.9. The molecule has 0 atom stereocenters. The highest BCUT2D eigenvalue weighted by atomic mass is 14.5. The predicted octanol–water partition coefficient (Wildman–Crippen LogP) is 6.14. The van der Waals surface area contributed by atoms with E-state index in [1.807, 2.05) is 0 Å². The fraction of sp³-hybridized carbons (Fsp3) is 0.478. The van der Waals surface area contributed by atoms with E-state index < -0.39 is 0 Å². The second kappa shape index (κ2) is 5.23. The molecule has 0 heteroatoms. The molecule has 23 heavy (non-hydrogen) atoms. The van der Waals surface area contributed by atoms with Crippen molar-refractivity contribution in [2.45, 2.75) is 58.8 Å². The van der Waals surface area contributed by atoms with Gasteiger partial charge in [-0.15, -0.1) is 0 Å². The normalized spacial score (nSPS) is 18.0. The van der Waals surface area contributed by atoms with Crippen LogP contribution in [0.15, 0.2) is 36.4 Å². The molecule has 0 unspecified atom stereocenters. The van der Waals surface area contributed by atoms with Crippen LogP contribution in [0.2, 0.25) is 0 Å². The third kappa shape index (κ3) is 1.90. The maximum absolute atomic E-state index is 2.59. The molecule has 0 N–H and O–H groups in total. The number of aryl methyl sites for hydroxylation is 2. The van der Waals surface area contributed by atoms with E-state index in [2.05, 4.69) is 64.1 Å². The molecule has 2 aromatic carbocycles. The highest BCUT2D eigenvalue weighted by Crippen LogP contribution is 2.57. The van der Waals surface area contributed by atoms with Crippen LogP contribution in [0.25, 0.3) is 11.1 Å². The van der Waals surface area contributed by atoms with Gasteiger partial charge in [0.25, 0.3) is 0 Å². The van der Waals surface area contributed by atoms with Crippen LogP contribution in [0.5, 0.6) is 0 Å². The molecule has 0 aliphatic heterocycles. The van der Waals surface area contributed by atoms with E-state index in [9.17, 15) is 0 Å². The summed E-state index contributed by atoms with van der Waals surface area (Å²) in [6.07, 6.45) is 5.24. The molecule has 2 aliphatic rings. The zero-order valence-corrected chi connectivity index (χ0v) is 14.9. The lowest BCUT2D eigenvalue weighted by Gasteiger charge is -2.40. The van der Waals surface area contributed by atoms with Crippen LogP contribution < -0.4 is 0 Å². The lowest BCUT2D eigenvalue weighted by molar-refractivity contribution is 0.280. The highest BCUT2D eigenvalue weighted by molar-refractivity contribution is 5.82. The molecule has 0 bridgehead atoms. The summed E-state index contributed by atoms with van der Waals surface area (Å²) >= 11 is 0. The Balaban J connectivity index is 2.07. The summed E-state index contributed by atoms with van der Waals surface area (Å²) in [4.78, 5) is 0. The summed E-state index contributed by atoms with van der Waals surface area (Å²) in [7, 11) is 0. The van der Waals surface area contributed by atoms with Crippen LogP contribution >= 0.6 is 0 Å². The van der Waals surface area contributed by atoms with Crippen LogP contribution in [0.3, 0.4) is 0 Å². The molecule has 0 aromatic heterocycles. The number of hydrogen-bond acceptors (Lipinski definition) is 0. The van der Waals surface area contributed by atoms with Crippen molar-refractivity contribution in [1.29, 1.82) is 0 Å². The van der Waals surface area contributed by atoms with Crippen molar-refractivity contribution in [3.05, 3.63) is 58.7 Å². The Kier molecular flexibility index (Phi) is 3.41. The molecular formula is C23H28. The quantitative estimate of drug-likeness (QED) is 0.624. The third-order valence-electron chi connectivity index (χ3n) is 6.41. The summed E-state index contributed by atoms with van der Waals surface area (Å²) in [5.74, 6) is 1.21. The second-order valence-electron chi connectivity index (χ2n) is 8.10. The van der Waals surface area contributed by atoms with Gasteiger partial charge in [0.05, 0.1) is 0 Å². The Bertz CT molecular complexity index is 741. The summed E-state index contributed by atoms with van der Waals surface area (Å²) in [6.45, 7) is 9.63. The first-order chi connectivity index (χ1) is 11.1. The van der Waals surface area contributed by atoms with E-state index in [1.54, 1.807) is 22.3 Å². The van der Waals surface area contributed by atoms with E-state index in [-0.39, 0.29) is 5.41 Å². The van der Waals surface area contributed by atoms with Gasteiger partial charge in [-0.05, 0) is 70.9 Å². The number of hydrogen-bond donors (Lipinski definition) is 0. The Morgan fingerprint density at radius 3 is 2.00 bits per heavy atom. The number of benzene rings is 2. The van der Waals surface area contributed by atoms with Crippen molar-refractivity contribution in [3.8, 4) is 11.1 Å². The van der Waals surface area contributed by atoms with Crippen molar-refractivity contribution in [1.82, 2.24) is 0 Å². The molecule has 120 valence electrons. The monoisotopic (exact) mass is 304 g/mol. The largest absolute Gasteiger partial charge is 0.0619 e. The summed E-state index contributed by atoms with van der Waals surface area (Å²) in [6, 6.07) is 14.3. The fourth-order valence-corrected chi connectivity index (χ4v) is 5.49. The van der Waals surface area contributed by atoms with E-state index in [0.29, 0.717) is 11.8 Å². The number of rotatable bonds is 2. The lowest BCUT2D eigenvalue weighted by Crippen LogP contribution is -2.37. The van der Waals surface area contributed by atoms with Crippen LogP contribution in [-0.2, 0) is 18.3 Å². The van der Waals surface area contributed by atoms with Crippen molar-refractivity contribution in [3.63, 3.8) is 0 Å². The molecule has 0 fully saturated rings. The van der Waals surface area contributed by atoms with Gasteiger partial charge in [0.15, 0.2) is 0 Å². The van der Waals surface area contributed by atoms with Crippen LogP contribution in [0.4, 0.5) is 0 Å². The number of fused-ring (bicyclic) bond motifs is 4. The van der Waals surface area contributed by atoms with Crippen LogP contribution in [0.1, 0.15) is 62.8 Å². The van der Waals surface area contributed by atoms with Gasteiger partial charge >= 0.3 is 0 Å². The summed E-state index contributed by atoms with van der Waals surface area (Å²) in [5, 5.41) is 0. The topological polar surface area (TPSA) is 0 Å². The Morgan fingerprint density at radius 2 is 1.35 bits per heavy atom. The first kappa shape index (κ1) is 15.0. The Morgan fingerprint density at radius 1 is 0.739 bits per heavy atom. The lowest BCUT2D eigenvalue weighted by atomic mass is 9.62. The minimum absolute atomic E-state index is 0.165. The Labute approximate surface area is 140 Å². The van der Waals surface area contributed by atoms with E-state index in [4.69, 9.17) is 0 Å². The standard InChI is InChI=1S/C23H28/c1-15(2)23(16(3)4)21-12-8-7-11-19(21)20-13-17-9-5-6-10-18(17)14-22(20)23/h7-8,11-16H,5-6,9-10H2,1-4H3. The molecule has 0 amide bonds. The van der Waals surface area contributed by atoms with Gasteiger partial charge < -0.3 is 0 Å². The SMILES string of the molecule is CC(C)C1(C(C)C)c2ccccc2-c2cc3c(cc21)CCCC3. The van der Waals surface area contributed by atoms with Crippen molar-refractivity contribution < 1.29 is 0 Å². The first-order valence-electron chi connectivity index (χ1n) is 9.33. The van der Waals surface area contributed by atoms with Gasteiger partial charge in [0, 0.05) is 5.41 Å². The predicted molar refractivity (Wildman–Crippen MR) is 99.0 cm³/mol. The molecule has 2 aliphatic carbocycles. The van der Waals surface area contributed by atoms with E-state index in [1.165, 1.54) is 36.8 Å². The average Bonchev–Trinajstić information content (AvgIpc) is 2.83. The minimum atomic E-state index is 0.165. The molecule has 0 radical (unpaired) electrons. The van der Waals surface area contributed by atoms with Gasteiger partial charge in [0.1, 0.15) is 0 Å². The molecule has 0 spiro atoms. The van der Waals surface area contributed by atoms with Gasteiger partial charge in [-0.3, -0.25) is 0 Å². The summed E-state index contributed by atoms with van der Waals surface area (Å²) < 4.78 is 0. The molecule has 4 rings (SSSR count). The van der Waals surface area contributed by atoms with Gasteiger partial charge in [-0.25, -0.2) is 0 Å². The maximum atomic E-state index is 2.59. The highest BCUT2D eigenvalue weighted by Gasteiger charge is 2.47. The molecule has 0 saturated carbocycles. The molecule has 0 saturated heterocycles. The average molecular weight is 304 g/mol. The van der Waals surface area contributed by atoms with Gasteiger partial charge in [-0.2, -0.15) is 0 Å². The van der Waals surface area contributed by atoms with Crippen molar-refractivity contribution in [2.24, 2.45) is 11.8 Å². The molecule has 2 aromatic rings. The smallest absolute Gasteiger partial charge is 0.0261 e.